The number of amidine groups is 1. The molecular formula is C21H24N6O. The molecule has 1 aromatic carbocycles. The quantitative estimate of drug-likeness (QED) is 0.405. The largest absolute Gasteiger partial charge is 0.384 e. The zero-order chi connectivity index (χ0) is 19.7. The highest BCUT2D eigenvalue weighted by Crippen LogP contribution is 2.23. The Kier molecular flexibility index (Phi) is 4.83. The second kappa shape index (κ2) is 7.44. The SMILES string of the molecule is C[C@H]1CCCN1Cc1cc2cnc(NC(=O)c3ccc(C(=N)N)cc3)cc2[nH]1. The Morgan fingerprint density at radius 3 is 2.75 bits per heavy atom. The molecule has 1 saturated heterocycles. The normalized spacial score (nSPS) is 17.1. The predicted molar refractivity (Wildman–Crippen MR) is 111 cm³/mol. The third-order valence-corrected chi connectivity index (χ3v) is 5.32. The highest BCUT2D eigenvalue weighted by atomic mass is 16.1. The monoisotopic (exact) mass is 376 g/mol. The summed E-state index contributed by atoms with van der Waals surface area (Å²) in [5.41, 5.74) is 8.64. The standard InChI is InChI=1S/C21H24N6O/c1-13-3-2-8-27(13)12-17-9-16-11-24-19(10-18(16)25-17)26-21(28)15-6-4-14(5-7-15)20(22)23/h4-7,9-11,13,25H,2-3,8,12H2,1H3,(H3,22,23)(H,24,26,28)/t13-/m0/s1. The van der Waals surface area contributed by atoms with E-state index in [4.69, 9.17) is 11.1 Å². The zero-order valence-electron chi connectivity index (χ0n) is 15.8. The van der Waals surface area contributed by atoms with Crippen molar-refractivity contribution in [1.29, 1.82) is 5.41 Å². The lowest BCUT2D eigenvalue weighted by atomic mass is 10.1. The molecule has 7 nitrogen and oxygen atoms in total. The summed E-state index contributed by atoms with van der Waals surface area (Å²) < 4.78 is 0. The Balaban J connectivity index is 1.48. The first-order chi connectivity index (χ1) is 13.5. The first-order valence-electron chi connectivity index (χ1n) is 9.47. The Labute approximate surface area is 163 Å². The molecule has 0 unspecified atom stereocenters. The maximum atomic E-state index is 12.4. The molecule has 5 N–H and O–H groups in total. The van der Waals surface area contributed by atoms with Gasteiger partial charge in [0.2, 0.25) is 0 Å². The van der Waals surface area contributed by atoms with Crippen LogP contribution in [-0.4, -0.2) is 39.2 Å². The summed E-state index contributed by atoms with van der Waals surface area (Å²) in [5.74, 6) is 0.223. The van der Waals surface area contributed by atoms with Crippen molar-refractivity contribution in [3.8, 4) is 0 Å². The van der Waals surface area contributed by atoms with Crippen molar-refractivity contribution >= 4 is 28.5 Å². The van der Waals surface area contributed by atoms with E-state index >= 15 is 0 Å². The molecule has 144 valence electrons. The lowest BCUT2D eigenvalue weighted by molar-refractivity contribution is 0.102. The third-order valence-electron chi connectivity index (χ3n) is 5.32. The third kappa shape index (κ3) is 3.75. The van der Waals surface area contributed by atoms with Gasteiger partial charge in [0, 0.05) is 47.1 Å². The molecule has 1 aliphatic heterocycles. The van der Waals surface area contributed by atoms with E-state index in [1.165, 1.54) is 12.8 Å². The van der Waals surface area contributed by atoms with Gasteiger partial charge in [-0.25, -0.2) is 4.98 Å². The number of amides is 1. The highest BCUT2D eigenvalue weighted by Gasteiger charge is 2.20. The molecule has 7 heteroatoms. The van der Waals surface area contributed by atoms with Gasteiger partial charge in [-0.15, -0.1) is 0 Å². The van der Waals surface area contributed by atoms with Gasteiger partial charge in [0.1, 0.15) is 11.7 Å². The van der Waals surface area contributed by atoms with Gasteiger partial charge in [-0.3, -0.25) is 15.1 Å². The van der Waals surface area contributed by atoms with Crippen LogP contribution in [0.2, 0.25) is 0 Å². The number of carbonyl (C=O) groups excluding carboxylic acids is 1. The van der Waals surface area contributed by atoms with Crippen molar-refractivity contribution in [1.82, 2.24) is 14.9 Å². The second-order valence-corrected chi connectivity index (χ2v) is 7.36. The molecule has 0 saturated carbocycles. The number of fused-ring (bicyclic) bond motifs is 1. The van der Waals surface area contributed by atoms with Crippen LogP contribution >= 0.6 is 0 Å². The van der Waals surface area contributed by atoms with Crippen molar-refractivity contribution in [2.24, 2.45) is 5.73 Å². The first-order valence-corrected chi connectivity index (χ1v) is 9.47. The van der Waals surface area contributed by atoms with Crippen LogP contribution in [-0.2, 0) is 6.54 Å². The number of anilines is 1. The van der Waals surface area contributed by atoms with E-state index in [-0.39, 0.29) is 11.7 Å². The smallest absolute Gasteiger partial charge is 0.256 e. The van der Waals surface area contributed by atoms with E-state index in [9.17, 15) is 4.79 Å². The maximum Gasteiger partial charge on any atom is 0.256 e. The van der Waals surface area contributed by atoms with E-state index in [1.807, 2.05) is 6.07 Å². The number of nitrogens with zero attached hydrogens (tertiary/aromatic N) is 2. The highest BCUT2D eigenvalue weighted by molar-refractivity contribution is 6.05. The van der Waals surface area contributed by atoms with Gasteiger partial charge in [0.15, 0.2) is 0 Å². The molecule has 0 spiro atoms. The number of hydrogen-bond donors (Lipinski definition) is 4. The number of nitrogen functional groups attached to an aromatic ring is 1. The Morgan fingerprint density at radius 2 is 2.07 bits per heavy atom. The van der Waals surface area contributed by atoms with Crippen LogP contribution in [0.1, 0.15) is 41.4 Å². The number of hydrogen-bond acceptors (Lipinski definition) is 4. The number of nitrogens with two attached hydrogens (primary N) is 1. The molecule has 3 heterocycles. The van der Waals surface area contributed by atoms with E-state index in [1.54, 1.807) is 30.5 Å². The Bertz CT molecular complexity index is 1020. The summed E-state index contributed by atoms with van der Waals surface area (Å²) in [6.45, 7) is 4.31. The van der Waals surface area contributed by atoms with Crippen LogP contribution in [0.15, 0.2) is 42.6 Å². The second-order valence-electron chi connectivity index (χ2n) is 7.36. The van der Waals surface area contributed by atoms with Gasteiger partial charge >= 0.3 is 0 Å². The van der Waals surface area contributed by atoms with E-state index < -0.39 is 0 Å². The van der Waals surface area contributed by atoms with Crippen LogP contribution in [0.25, 0.3) is 10.9 Å². The number of H-pyrrole nitrogens is 1. The van der Waals surface area contributed by atoms with Crippen molar-refractivity contribution in [3.63, 3.8) is 0 Å². The average Bonchev–Trinajstić information content (AvgIpc) is 3.27. The maximum absolute atomic E-state index is 12.4. The van der Waals surface area contributed by atoms with Gasteiger partial charge in [0.25, 0.3) is 5.91 Å². The van der Waals surface area contributed by atoms with E-state index in [0.717, 1.165) is 29.7 Å². The fourth-order valence-corrected chi connectivity index (χ4v) is 3.68. The minimum absolute atomic E-state index is 0.0232. The van der Waals surface area contributed by atoms with Crippen molar-refractivity contribution < 1.29 is 4.79 Å². The van der Waals surface area contributed by atoms with Crippen molar-refractivity contribution in [2.75, 3.05) is 11.9 Å². The van der Waals surface area contributed by atoms with Crippen LogP contribution in [0.3, 0.4) is 0 Å². The molecule has 3 aromatic rings. The molecule has 1 fully saturated rings. The number of pyridine rings is 1. The van der Waals surface area contributed by atoms with Crippen LogP contribution < -0.4 is 11.1 Å². The summed E-state index contributed by atoms with van der Waals surface area (Å²) in [4.78, 5) is 22.7. The van der Waals surface area contributed by atoms with E-state index in [2.05, 4.69) is 33.2 Å². The number of nitrogens with one attached hydrogen (secondary N) is 3. The summed E-state index contributed by atoms with van der Waals surface area (Å²) >= 11 is 0. The van der Waals surface area contributed by atoms with Crippen LogP contribution in [0.4, 0.5) is 5.82 Å². The molecule has 28 heavy (non-hydrogen) atoms. The van der Waals surface area contributed by atoms with Crippen LogP contribution in [0, 0.1) is 5.41 Å². The number of aromatic nitrogens is 2. The first kappa shape index (κ1) is 18.2. The van der Waals surface area contributed by atoms with Crippen LogP contribution in [0.5, 0.6) is 0 Å². The fraction of sp³-hybridized carbons (Fsp3) is 0.286. The summed E-state index contributed by atoms with van der Waals surface area (Å²) in [7, 11) is 0. The molecule has 0 aliphatic carbocycles. The minimum Gasteiger partial charge on any atom is -0.384 e. The topological polar surface area (TPSA) is 111 Å². The van der Waals surface area contributed by atoms with Gasteiger partial charge in [-0.05, 0) is 44.5 Å². The minimum atomic E-state index is -0.250. The van der Waals surface area contributed by atoms with Gasteiger partial charge < -0.3 is 16.0 Å². The average molecular weight is 376 g/mol. The molecule has 2 aromatic heterocycles. The molecular weight excluding hydrogens is 352 g/mol. The molecule has 1 amide bonds. The number of rotatable bonds is 5. The zero-order valence-corrected chi connectivity index (χ0v) is 15.8. The van der Waals surface area contributed by atoms with Gasteiger partial charge in [-0.1, -0.05) is 12.1 Å². The van der Waals surface area contributed by atoms with E-state index in [0.29, 0.717) is 23.0 Å². The predicted octanol–water partition coefficient (Wildman–Crippen LogP) is 3.08. The Morgan fingerprint density at radius 1 is 1.32 bits per heavy atom. The van der Waals surface area contributed by atoms with Crippen molar-refractivity contribution in [2.45, 2.75) is 32.4 Å². The van der Waals surface area contributed by atoms with Gasteiger partial charge in [-0.2, -0.15) is 0 Å². The lowest BCUT2D eigenvalue weighted by Gasteiger charge is -2.19. The molecule has 4 rings (SSSR count). The molecule has 0 radical (unpaired) electrons. The number of likely N-dealkylation sites (tertiary alicyclic amines) is 1. The number of carbonyl (C=O) groups is 1. The summed E-state index contributed by atoms with van der Waals surface area (Å²) in [5, 5.41) is 11.3. The summed E-state index contributed by atoms with van der Waals surface area (Å²) in [6, 6.07) is 11.2. The van der Waals surface area contributed by atoms with Gasteiger partial charge in [0.05, 0.1) is 5.52 Å². The molecule has 1 aliphatic rings. The lowest BCUT2D eigenvalue weighted by Crippen LogP contribution is -2.26. The molecule has 1 atom stereocenters. The van der Waals surface area contributed by atoms with Crippen molar-refractivity contribution in [3.05, 3.63) is 59.4 Å². The number of benzene rings is 1. The fourth-order valence-electron chi connectivity index (χ4n) is 3.68. The summed E-state index contributed by atoms with van der Waals surface area (Å²) in [6.07, 6.45) is 4.29. The Hall–Kier alpha value is -3.19. The molecule has 0 bridgehead atoms. The number of aromatic amines is 1.